The van der Waals surface area contributed by atoms with Gasteiger partial charge in [0.2, 0.25) is 5.95 Å². The van der Waals surface area contributed by atoms with E-state index in [9.17, 15) is 0 Å². The van der Waals surface area contributed by atoms with E-state index in [-0.39, 0.29) is 12.4 Å². The number of aromatic nitrogens is 6. The lowest BCUT2D eigenvalue weighted by molar-refractivity contribution is 0.873. The summed E-state index contributed by atoms with van der Waals surface area (Å²) < 4.78 is 0. The Hall–Kier alpha value is -3.58. The highest BCUT2D eigenvalue weighted by atomic mass is 35.5. The third kappa shape index (κ3) is 3.60. The average Bonchev–Trinajstić information content (AvgIpc) is 3.22. The van der Waals surface area contributed by atoms with Crippen LogP contribution < -0.4 is 4.90 Å². The molecule has 5 rings (SSSR count). The van der Waals surface area contributed by atoms with Crippen LogP contribution in [0.2, 0.25) is 0 Å². The fourth-order valence-electron chi connectivity index (χ4n) is 3.28. The number of halogens is 1. The molecule has 2 aromatic carbocycles. The van der Waals surface area contributed by atoms with Crippen molar-refractivity contribution in [3.8, 4) is 11.3 Å². The molecule has 8 heteroatoms. The van der Waals surface area contributed by atoms with Gasteiger partial charge in [0.25, 0.3) is 0 Å². The van der Waals surface area contributed by atoms with Crippen LogP contribution in [0.1, 0.15) is 5.56 Å². The van der Waals surface area contributed by atoms with E-state index in [0.29, 0.717) is 5.95 Å². The van der Waals surface area contributed by atoms with E-state index in [1.807, 2.05) is 54.5 Å². The summed E-state index contributed by atoms with van der Waals surface area (Å²) in [6, 6.07) is 16.4. The number of H-pyrrole nitrogens is 1. The van der Waals surface area contributed by atoms with Gasteiger partial charge in [-0.05, 0) is 17.7 Å². The van der Waals surface area contributed by atoms with Crippen LogP contribution in [-0.2, 0) is 6.54 Å². The first kappa shape index (κ1) is 18.8. The summed E-state index contributed by atoms with van der Waals surface area (Å²) in [6.45, 7) is 0.754. The normalized spacial score (nSPS) is 10.8. The van der Waals surface area contributed by atoms with Crippen LogP contribution in [0.4, 0.5) is 5.95 Å². The summed E-state index contributed by atoms with van der Waals surface area (Å²) in [5, 5.41) is 8.79. The average molecular weight is 404 g/mol. The van der Waals surface area contributed by atoms with Gasteiger partial charge in [0, 0.05) is 30.7 Å². The van der Waals surface area contributed by atoms with Crippen molar-refractivity contribution in [1.82, 2.24) is 30.1 Å². The van der Waals surface area contributed by atoms with Crippen molar-refractivity contribution < 1.29 is 0 Å². The van der Waals surface area contributed by atoms with Gasteiger partial charge >= 0.3 is 0 Å². The molecule has 1 N–H and O–H groups in total. The van der Waals surface area contributed by atoms with Crippen LogP contribution in [-0.4, -0.2) is 37.2 Å². The summed E-state index contributed by atoms with van der Waals surface area (Å²) in [5.74, 6) is 0.698. The Morgan fingerprint density at radius 1 is 0.966 bits per heavy atom. The fourth-order valence-corrected chi connectivity index (χ4v) is 3.28. The number of aromatic amines is 1. The number of rotatable bonds is 4. The number of nitrogens with one attached hydrogen (secondary N) is 1. The maximum Gasteiger partial charge on any atom is 0.225 e. The number of anilines is 1. The van der Waals surface area contributed by atoms with Gasteiger partial charge in [-0.15, -0.1) is 12.4 Å². The summed E-state index contributed by atoms with van der Waals surface area (Å²) in [4.78, 5) is 19.9. The largest absolute Gasteiger partial charge is 0.340 e. The lowest BCUT2D eigenvalue weighted by Gasteiger charge is -2.17. The number of benzene rings is 2. The number of hydrogen-bond donors (Lipinski definition) is 1. The van der Waals surface area contributed by atoms with Crippen LogP contribution >= 0.6 is 12.4 Å². The van der Waals surface area contributed by atoms with E-state index in [4.69, 9.17) is 4.98 Å². The van der Waals surface area contributed by atoms with Gasteiger partial charge < -0.3 is 4.90 Å². The van der Waals surface area contributed by atoms with Gasteiger partial charge in [0.05, 0.1) is 22.8 Å². The highest BCUT2D eigenvalue weighted by Crippen LogP contribution is 2.27. The molecule has 0 fully saturated rings. The molecule has 0 atom stereocenters. The number of fused-ring (bicyclic) bond motifs is 2. The first-order chi connectivity index (χ1) is 13.8. The Bertz CT molecular complexity index is 1270. The van der Waals surface area contributed by atoms with E-state index in [1.54, 1.807) is 6.20 Å². The zero-order valence-corrected chi connectivity index (χ0v) is 16.5. The van der Waals surface area contributed by atoms with Gasteiger partial charge in [-0.2, -0.15) is 5.10 Å². The van der Waals surface area contributed by atoms with Crippen LogP contribution in [0.5, 0.6) is 0 Å². The minimum absolute atomic E-state index is 0. The Morgan fingerprint density at radius 2 is 1.83 bits per heavy atom. The third-order valence-corrected chi connectivity index (χ3v) is 4.69. The molecule has 5 aromatic rings. The molecule has 0 bridgehead atoms. The third-order valence-electron chi connectivity index (χ3n) is 4.69. The molecule has 3 heterocycles. The number of nitrogens with zero attached hydrogens (tertiary/aromatic N) is 6. The molecule has 3 aromatic heterocycles. The maximum atomic E-state index is 4.72. The Labute approximate surface area is 173 Å². The molecule has 144 valence electrons. The van der Waals surface area contributed by atoms with Crippen molar-refractivity contribution in [1.29, 1.82) is 0 Å². The molecule has 7 nitrogen and oxygen atoms in total. The van der Waals surface area contributed by atoms with Crippen molar-refractivity contribution >= 4 is 40.3 Å². The lowest BCUT2D eigenvalue weighted by Crippen LogP contribution is -2.18. The first-order valence-corrected chi connectivity index (χ1v) is 8.94. The minimum atomic E-state index is 0. The van der Waals surface area contributed by atoms with Gasteiger partial charge in [-0.25, -0.2) is 19.9 Å². The number of hydrogen-bond acceptors (Lipinski definition) is 6. The van der Waals surface area contributed by atoms with Crippen LogP contribution in [0.25, 0.3) is 33.2 Å². The quantitative estimate of drug-likeness (QED) is 0.488. The molecule has 0 amide bonds. The van der Waals surface area contributed by atoms with E-state index < -0.39 is 0 Å². The van der Waals surface area contributed by atoms with Crippen LogP contribution in [0, 0.1) is 0 Å². The van der Waals surface area contributed by atoms with Gasteiger partial charge in [0.15, 0.2) is 5.65 Å². The summed E-state index contributed by atoms with van der Waals surface area (Å²) >= 11 is 0. The Balaban J connectivity index is 0.00000205. The lowest BCUT2D eigenvalue weighted by atomic mass is 10.1. The zero-order valence-electron chi connectivity index (χ0n) is 15.6. The van der Waals surface area contributed by atoms with Crippen molar-refractivity contribution in [2.75, 3.05) is 11.9 Å². The van der Waals surface area contributed by atoms with Gasteiger partial charge in [-0.3, -0.25) is 5.10 Å². The van der Waals surface area contributed by atoms with E-state index in [2.05, 4.69) is 37.3 Å². The predicted octanol–water partition coefficient (Wildman–Crippen LogP) is 4.02. The predicted molar refractivity (Wildman–Crippen MR) is 116 cm³/mol. The molecular weight excluding hydrogens is 386 g/mol. The second-order valence-electron chi connectivity index (χ2n) is 6.64. The summed E-state index contributed by atoms with van der Waals surface area (Å²) in [5.41, 5.74) is 4.66. The zero-order chi connectivity index (χ0) is 18.9. The van der Waals surface area contributed by atoms with E-state index in [1.165, 1.54) is 11.9 Å². The molecule has 0 saturated carbocycles. The smallest absolute Gasteiger partial charge is 0.225 e. The van der Waals surface area contributed by atoms with Crippen molar-refractivity contribution in [3.05, 3.63) is 72.8 Å². The second-order valence-corrected chi connectivity index (χ2v) is 6.64. The minimum Gasteiger partial charge on any atom is -0.340 e. The second kappa shape index (κ2) is 7.81. The monoisotopic (exact) mass is 403 g/mol. The standard InChI is InChI=1S/C21H17N7.ClH/c1-28(12-14-5-3-2-4-6-14)21-22-10-16-9-15(7-8-18(16)26-21)19-17-11-25-27-20(17)24-13-23-19;/h2-11,13H,12H2,1H3,(H,23,24,25,27);1H. The SMILES string of the molecule is CN(Cc1ccccc1)c1ncc2cc(-c3ncnc4[nH]ncc34)ccc2n1.Cl. The van der Waals surface area contributed by atoms with Crippen molar-refractivity contribution in [2.24, 2.45) is 0 Å². The molecule has 0 aliphatic heterocycles. The highest BCUT2D eigenvalue weighted by Gasteiger charge is 2.11. The molecule has 0 radical (unpaired) electrons. The van der Waals surface area contributed by atoms with Crippen LogP contribution in [0.3, 0.4) is 0 Å². The Kier molecular flexibility index (Phi) is 5.05. The van der Waals surface area contributed by atoms with E-state index >= 15 is 0 Å². The van der Waals surface area contributed by atoms with Gasteiger partial charge in [0.1, 0.15) is 6.33 Å². The molecular formula is C21H18ClN7. The van der Waals surface area contributed by atoms with Crippen molar-refractivity contribution in [3.63, 3.8) is 0 Å². The molecule has 29 heavy (non-hydrogen) atoms. The first-order valence-electron chi connectivity index (χ1n) is 8.94. The highest BCUT2D eigenvalue weighted by molar-refractivity contribution is 5.93. The fraction of sp³-hybridized carbons (Fsp3) is 0.0952. The molecule has 0 saturated heterocycles. The van der Waals surface area contributed by atoms with Crippen molar-refractivity contribution in [2.45, 2.75) is 6.54 Å². The van der Waals surface area contributed by atoms with Gasteiger partial charge in [-0.1, -0.05) is 36.4 Å². The molecule has 0 spiro atoms. The Morgan fingerprint density at radius 3 is 2.69 bits per heavy atom. The summed E-state index contributed by atoms with van der Waals surface area (Å²) in [7, 11) is 2.00. The molecule has 0 aliphatic rings. The van der Waals surface area contributed by atoms with Crippen LogP contribution in [0.15, 0.2) is 67.3 Å². The molecule has 0 aliphatic carbocycles. The van der Waals surface area contributed by atoms with E-state index in [0.717, 1.165) is 39.7 Å². The summed E-state index contributed by atoms with van der Waals surface area (Å²) in [6.07, 6.45) is 5.14. The molecule has 0 unspecified atom stereocenters. The topological polar surface area (TPSA) is 83.5 Å². The maximum absolute atomic E-state index is 4.72.